The van der Waals surface area contributed by atoms with Gasteiger partial charge in [-0.25, -0.2) is 4.79 Å². The third-order valence-electron chi connectivity index (χ3n) is 4.18. The number of amides is 1. The molecule has 26 heavy (non-hydrogen) atoms. The predicted octanol–water partition coefficient (Wildman–Crippen LogP) is 0.870. The summed E-state index contributed by atoms with van der Waals surface area (Å²) in [5, 5.41) is 5.30. The van der Waals surface area contributed by atoms with Crippen molar-refractivity contribution in [3.63, 3.8) is 0 Å². The SMILES string of the molecule is COC(=O)C(NC(=O)Cc1ccccc1)C1NC(C(=O)OC)C(C)(C)S1. The molecule has 1 aromatic rings. The molecular formula is C18H24N2O5S. The minimum atomic E-state index is -0.921. The Morgan fingerprint density at radius 1 is 1.19 bits per heavy atom. The molecule has 0 spiro atoms. The van der Waals surface area contributed by atoms with Crippen LogP contribution in [0, 0.1) is 0 Å². The van der Waals surface area contributed by atoms with E-state index in [9.17, 15) is 14.4 Å². The van der Waals surface area contributed by atoms with Gasteiger partial charge in [0.25, 0.3) is 0 Å². The van der Waals surface area contributed by atoms with Gasteiger partial charge < -0.3 is 14.8 Å². The second-order valence-electron chi connectivity index (χ2n) is 6.50. The topological polar surface area (TPSA) is 93.7 Å². The Kier molecular flexibility index (Phi) is 6.66. The van der Waals surface area contributed by atoms with Crippen LogP contribution in [0.3, 0.4) is 0 Å². The van der Waals surface area contributed by atoms with Gasteiger partial charge in [0, 0.05) is 4.75 Å². The van der Waals surface area contributed by atoms with E-state index in [1.807, 2.05) is 44.2 Å². The van der Waals surface area contributed by atoms with E-state index in [0.29, 0.717) is 0 Å². The van der Waals surface area contributed by atoms with Gasteiger partial charge in [-0.15, -0.1) is 11.8 Å². The standard InChI is InChI=1S/C18H24N2O5S/c1-18(2)14(17(23)25-4)20-15(26-18)13(16(22)24-3)19-12(21)10-11-8-6-5-7-9-11/h5-9,13-15,20H,10H2,1-4H3,(H,19,21). The molecule has 3 atom stereocenters. The van der Waals surface area contributed by atoms with Gasteiger partial charge in [0.05, 0.1) is 26.0 Å². The zero-order valence-corrected chi connectivity index (χ0v) is 16.1. The van der Waals surface area contributed by atoms with Crippen LogP contribution < -0.4 is 10.6 Å². The smallest absolute Gasteiger partial charge is 0.330 e. The minimum Gasteiger partial charge on any atom is -0.468 e. The average Bonchev–Trinajstić information content (AvgIpc) is 2.94. The number of rotatable bonds is 6. The van der Waals surface area contributed by atoms with E-state index < -0.39 is 34.1 Å². The van der Waals surface area contributed by atoms with Gasteiger partial charge in [-0.1, -0.05) is 30.3 Å². The van der Waals surface area contributed by atoms with E-state index in [1.54, 1.807) is 0 Å². The van der Waals surface area contributed by atoms with Crippen LogP contribution in [0.25, 0.3) is 0 Å². The molecule has 8 heteroatoms. The Labute approximate surface area is 157 Å². The van der Waals surface area contributed by atoms with Crippen molar-refractivity contribution in [2.45, 2.75) is 42.5 Å². The van der Waals surface area contributed by atoms with E-state index in [-0.39, 0.29) is 12.3 Å². The van der Waals surface area contributed by atoms with Gasteiger partial charge >= 0.3 is 11.9 Å². The van der Waals surface area contributed by atoms with Crippen molar-refractivity contribution >= 4 is 29.6 Å². The summed E-state index contributed by atoms with van der Waals surface area (Å²) in [4.78, 5) is 36.6. The van der Waals surface area contributed by atoms with Crippen LogP contribution in [0.1, 0.15) is 19.4 Å². The molecule has 0 bridgehead atoms. The summed E-state index contributed by atoms with van der Waals surface area (Å²) in [6.45, 7) is 3.76. The number of carbonyl (C=O) groups is 3. The molecule has 1 aliphatic heterocycles. The first-order valence-corrected chi connectivity index (χ1v) is 9.09. The molecule has 1 aliphatic rings. The molecule has 1 fully saturated rings. The Hall–Kier alpha value is -2.06. The van der Waals surface area contributed by atoms with Crippen LogP contribution in [0.5, 0.6) is 0 Å². The minimum absolute atomic E-state index is 0.148. The molecule has 0 saturated carbocycles. The number of thioether (sulfide) groups is 1. The summed E-state index contributed by atoms with van der Waals surface area (Å²) >= 11 is 1.39. The zero-order valence-electron chi connectivity index (χ0n) is 15.3. The molecule has 1 saturated heterocycles. The van der Waals surface area contributed by atoms with Gasteiger partial charge in [0.1, 0.15) is 6.04 Å². The van der Waals surface area contributed by atoms with Crippen LogP contribution in [0.4, 0.5) is 0 Å². The Morgan fingerprint density at radius 3 is 2.42 bits per heavy atom. The lowest BCUT2D eigenvalue weighted by Crippen LogP contribution is -2.54. The second-order valence-corrected chi connectivity index (χ2v) is 8.29. The summed E-state index contributed by atoms with van der Waals surface area (Å²) in [5.41, 5.74) is 0.841. The van der Waals surface area contributed by atoms with Crippen LogP contribution in [0.2, 0.25) is 0 Å². The fourth-order valence-electron chi connectivity index (χ4n) is 2.82. The quantitative estimate of drug-likeness (QED) is 0.707. The Bertz CT molecular complexity index is 665. The molecular weight excluding hydrogens is 356 g/mol. The van der Waals surface area contributed by atoms with Crippen LogP contribution in [-0.4, -0.2) is 54.3 Å². The third-order valence-corrected chi connectivity index (χ3v) is 5.68. The van der Waals surface area contributed by atoms with Gasteiger partial charge in [0.2, 0.25) is 5.91 Å². The molecule has 7 nitrogen and oxygen atoms in total. The monoisotopic (exact) mass is 380 g/mol. The van der Waals surface area contributed by atoms with Crippen molar-refractivity contribution in [2.24, 2.45) is 0 Å². The van der Waals surface area contributed by atoms with E-state index in [1.165, 1.54) is 26.0 Å². The van der Waals surface area contributed by atoms with Gasteiger partial charge in [0.15, 0.2) is 6.04 Å². The molecule has 1 amide bonds. The normalized spacial score (nSPS) is 22.3. The van der Waals surface area contributed by atoms with Crippen LogP contribution in [0.15, 0.2) is 30.3 Å². The largest absolute Gasteiger partial charge is 0.468 e. The van der Waals surface area contributed by atoms with E-state index in [0.717, 1.165) is 5.56 Å². The zero-order chi connectivity index (χ0) is 19.3. The highest BCUT2D eigenvalue weighted by Gasteiger charge is 2.50. The fourth-order valence-corrected chi connectivity index (χ4v) is 4.29. The lowest BCUT2D eigenvalue weighted by Gasteiger charge is -2.23. The van der Waals surface area contributed by atoms with Crippen molar-refractivity contribution in [1.29, 1.82) is 0 Å². The molecule has 0 aliphatic carbocycles. The lowest BCUT2D eigenvalue weighted by atomic mass is 10.0. The molecule has 2 N–H and O–H groups in total. The summed E-state index contributed by atoms with van der Waals surface area (Å²) < 4.78 is 9.16. The Balaban J connectivity index is 2.11. The molecule has 0 radical (unpaired) electrons. The first kappa shape index (κ1) is 20.3. The first-order valence-electron chi connectivity index (χ1n) is 8.21. The van der Waals surface area contributed by atoms with Crippen molar-refractivity contribution in [1.82, 2.24) is 10.6 Å². The number of benzene rings is 1. The highest BCUT2D eigenvalue weighted by atomic mass is 32.2. The summed E-state index contributed by atoms with van der Waals surface area (Å²) in [7, 11) is 2.58. The first-order chi connectivity index (χ1) is 12.3. The molecule has 3 unspecified atom stereocenters. The number of carbonyl (C=O) groups excluding carboxylic acids is 3. The average molecular weight is 380 g/mol. The maximum absolute atomic E-state index is 12.4. The number of hydrogen-bond acceptors (Lipinski definition) is 7. The Morgan fingerprint density at radius 2 is 1.85 bits per heavy atom. The van der Waals surface area contributed by atoms with Crippen molar-refractivity contribution in [3.8, 4) is 0 Å². The molecule has 1 heterocycles. The lowest BCUT2D eigenvalue weighted by molar-refractivity contribution is -0.146. The summed E-state index contributed by atoms with van der Waals surface area (Å²) in [5.74, 6) is -1.28. The third kappa shape index (κ3) is 4.76. The van der Waals surface area contributed by atoms with Crippen molar-refractivity contribution in [3.05, 3.63) is 35.9 Å². The fraction of sp³-hybridized carbons (Fsp3) is 0.500. The summed E-state index contributed by atoms with van der Waals surface area (Å²) in [6.07, 6.45) is 0.148. The maximum Gasteiger partial charge on any atom is 0.330 e. The van der Waals surface area contributed by atoms with Gasteiger partial charge in [-0.2, -0.15) is 0 Å². The maximum atomic E-state index is 12.4. The van der Waals surface area contributed by atoms with E-state index in [4.69, 9.17) is 9.47 Å². The summed E-state index contributed by atoms with van der Waals surface area (Å²) in [6, 6.07) is 7.72. The predicted molar refractivity (Wildman–Crippen MR) is 98.5 cm³/mol. The molecule has 0 aromatic heterocycles. The number of esters is 2. The van der Waals surface area contributed by atoms with E-state index >= 15 is 0 Å². The van der Waals surface area contributed by atoms with Crippen molar-refractivity contribution < 1.29 is 23.9 Å². The number of nitrogens with one attached hydrogen (secondary N) is 2. The number of ether oxygens (including phenoxy) is 2. The molecule has 142 valence electrons. The second kappa shape index (κ2) is 8.55. The van der Waals surface area contributed by atoms with E-state index in [2.05, 4.69) is 10.6 Å². The highest BCUT2D eigenvalue weighted by molar-refractivity contribution is 8.01. The highest BCUT2D eigenvalue weighted by Crippen LogP contribution is 2.39. The molecule has 1 aromatic carbocycles. The van der Waals surface area contributed by atoms with Crippen LogP contribution in [-0.2, 0) is 30.3 Å². The van der Waals surface area contributed by atoms with Crippen molar-refractivity contribution in [2.75, 3.05) is 14.2 Å². The van der Waals surface area contributed by atoms with Gasteiger partial charge in [-0.3, -0.25) is 14.9 Å². The number of hydrogen-bond donors (Lipinski definition) is 2. The van der Waals surface area contributed by atoms with Crippen LogP contribution >= 0.6 is 11.8 Å². The van der Waals surface area contributed by atoms with Gasteiger partial charge in [-0.05, 0) is 19.4 Å². The molecule has 2 rings (SSSR count). The number of methoxy groups -OCH3 is 2.